The van der Waals surface area contributed by atoms with Gasteiger partial charge in [0.1, 0.15) is 11.6 Å². The largest absolute Gasteiger partial charge is 0.368 e. The normalized spacial score (nSPS) is 18.9. The molecule has 5 heterocycles. The van der Waals surface area contributed by atoms with Gasteiger partial charge < -0.3 is 15.6 Å². The summed E-state index contributed by atoms with van der Waals surface area (Å²) in [7, 11) is 0. The van der Waals surface area contributed by atoms with Crippen molar-refractivity contribution in [3.8, 4) is 0 Å². The summed E-state index contributed by atoms with van der Waals surface area (Å²) < 4.78 is 2.16. The number of hydrogen-bond donors (Lipinski definition) is 2. The Labute approximate surface area is 143 Å². The van der Waals surface area contributed by atoms with Gasteiger partial charge in [-0.2, -0.15) is 4.98 Å². The summed E-state index contributed by atoms with van der Waals surface area (Å²) in [5.74, 6) is 0.971. The minimum absolute atomic E-state index is 0.0617. The zero-order valence-corrected chi connectivity index (χ0v) is 13.2. The summed E-state index contributed by atoms with van der Waals surface area (Å²) in [6.07, 6.45) is 5.61. The number of rotatable bonds is 2. The standard InChI is InChI=1S/C18H15N7/c19-18-22-13-7-10-25-15(12-6-2-4-9-21-12)14(11-5-1-3-8-20-11)23-17(24-18)16(13)25/h1-10,14-15H,(H3,19,22,23,24)/t14?,15-/m0/s1. The molecule has 0 saturated heterocycles. The zero-order valence-electron chi connectivity index (χ0n) is 13.2. The third-order valence-electron chi connectivity index (χ3n) is 4.48. The van der Waals surface area contributed by atoms with Crippen molar-refractivity contribution in [1.82, 2.24) is 24.5 Å². The van der Waals surface area contributed by atoms with Crippen molar-refractivity contribution in [1.29, 1.82) is 0 Å². The molecule has 2 atom stereocenters. The van der Waals surface area contributed by atoms with Gasteiger partial charge in [0.2, 0.25) is 5.95 Å². The first kappa shape index (κ1) is 13.9. The van der Waals surface area contributed by atoms with E-state index in [9.17, 15) is 0 Å². The average molecular weight is 329 g/mol. The van der Waals surface area contributed by atoms with Crippen LogP contribution in [0.3, 0.4) is 0 Å². The van der Waals surface area contributed by atoms with Gasteiger partial charge in [-0.05, 0) is 30.3 Å². The minimum Gasteiger partial charge on any atom is -0.368 e. The molecule has 4 aromatic rings. The number of hydrogen-bond acceptors (Lipinski definition) is 6. The molecule has 1 unspecified atom stereocenters. The fourth-order valence-corrected chi connectivity index (χ4v) is 3.47. The van der Waals surface area contributed by atoms with E-state index < -0.39 is 0 Å². The van der Waals surface area contributed by atoms with Crippen molar-refractivity contribution >= 4 is 22.8 Å². The third-order valence-corrected chi connectivity index (χ3v) is 4.48. The lowest BCUT2D eigenvalue weighted by Gasteiger charge is -2.34. The highest BCUT2D eigenvalue weighted by molar-refractivity contribution is 5.89. The first-order chi connectivity index (χ1) is 12.3. The van der Waals surface area contributed by atoms with E-state index in [1.807, 2.05) is 48.7 Å². The van der Waals surface area contributed by atoms with Gasteiger partial charge in [0, 0.05) is 18.6 Å². The zero-order chi connectivity index (χ0) is 16.8. The van der Waals surface area contributed by atoms with Crippen molar-refractivity contribution in [2.24, 2.45) is 0 Å². The van der Waals surface area contributed by atoms with Crippen LogP contribution in [-0.2, 0) is 0 Å². The van der Waals surface area contributed by atoms with E-state index in [0.717, 1.165) is 28.2 Å². The van der Waals surface area contributed by atoms with Crippen LogP contribution >= 0.6 is 0 Å². The second-order valence-corrected chi connectivity index (χ2v) is 5.96. The monoisotopic (exact) mass is 329 g/mol. The predicted molar refractivity (Wildman–Crippen MR) is 94.9 cm³/mol. The third kappa shape index (κ3) is 2.13. The number of aromatic nitrogens is 5. The van der Waals surface area contributed by atoms with Gasteiger partial charge in [-0.25, -0.2) is 4.98 Å². The second kappa shape index (κ2) is 5.27. The molecule has 122 valence electrons. The molecule has 0 fully saturated rings. The van der Waals surface area contributed by atoms with Crippen LogP contribution in [0.15, 0.2) is 61.1 Å². The molecule has 4 aromatic heterocycles. The molecule has 7 heteroatoms. The van der Waals surface area contributed by atoms with Crippen molar-refractivity contribution < 1.29 is 0 Å². The lowest BCUT2D eigenvalue weighted by molar-refractivity contribution is 0.489. The Bertz CT molecular complexity index is 1040. The van der Waals surface area contributed by atoms with Crippen molar-refractivity contribution in [2.75, 3.05) is 11.1 Å². The Morgan fingerprint density at radius 2 is 1.68 bits per heavy atom. The Morgan fingerprint density at radius 1 is 0.920 bits per heavy atom. The van der Waals surface area contributed by atoms with Gasteiger partial charge in [-0.3, -0.25) is 9.97 Å². The summed E-state index contributed by atoms with van der Waals surface area (Å²) in [5, 5.41) is 3.50. The first-order valence-electron chi connectivity index (χ1n) is 8.04. The molecule has 0 aliphatic carbocycles. The van der Waals surface area contributed by atoms with E-state index in [0.29, 0.717) is 0 Å². The Hall–Kier alpha value is -3.48. The molecule has 3 N–H and O–H groups in total. The van der Waals surface area contributed by atoms with Crippen molar-refractivity contribution in [2.45, 2.75) is 12.1 Å². The lowest BCUT2D eigenvalue weighted by atomic mass is 9.98. The summed E-state index contributed by atoms with van der Waals surface area (Å²) in [5.41, 5.74) is 9.48. The predicted octanol–water partition coefficient (Wildman–Crippen LogP) is 2.56. The maximum atomic E-state index is 5.86. The fraction of sp³-hybridized carbons (Fsp3) is 0.111. The maximum Gasteiger partial charge on any atom is 0.222 e. The Morgan fingerprint density at radius 3 is 2.40 bits per heavy atom. The van der Waals surface area contributed by atoms with Crippen LogP contribution in [0.2, 0.25) is 0 Å². The molecular weight excluding hydrogens is 314 g/mol. The summed E-state index contributed by atoms with van der Waals surface area (Å²) >= 11 is 0. The number of pyridine rings is 2. The molecule has 1 aliphatic rings. The number of anilines is 2. The van der Waals surface area contributed by atoms with E-state index in [2.05, 4.69) is 29.8 Å². The Balaban J connectivity index is 1.77. The number of nitrogen functional groups attached to an aromatic ring is 1. The van der Waals surface area contributed by atoms with Gasteiger partial charge in [0.15, 0.2) is 5.82 Å². The molecule has 0 aromatic carbocycles. The van der Waals surface area contributed by atoms with E-state index in [1.165, 1.54) is 0 Å². The molecule has 0 radical (unpaired) electrons. The van der Waals surface area contributed by atoms with Crippen LogP contribution in [0.25, 0.3) is 11.0 Å². The van der Waals surface area contributed by atoms with Gasteiger partial charge in [-0.15, -0.1) is 0 Å². The average Bonchev–Trinajstić information content (AvgIpc) is 3.07. The van der Waals surface area contributed by atoms with Gasteiger partial charge in [-0.1, -0.05) is 12.1 Å². The van der Waals surface area contributed by atoms with E-state index in [4.69, 9.17) is 5.73 Å². The van der Waals surface area contributed by atoms with Gasteiger partial charge in [0.25, 0.3) is 0 Å². The van der Waals surface area contributed by atoms with Crippen molar-refractivity contribution in [3.05, 3.63) is 72.4 Å². The molecule has 7 nitrogen and oxygen atoms in total. The molecule has 25 heavy (non-hydrogen) atoms. The van der Waals surface area contributed by atoms with E-state index in [1.54, 1.807) is 12.4 Å². The number of nitrogens with one attached hydrogen (secondary N) is 1. The summed E-state index contributed by atoms with van der Waals surface area (Å²) in [4.78, 5) is 17.9. The van der Waals surface area contributed by atoms with Crippen LogP contribution in [-0.4, -0.2) is 24.5 Å². The van der Waals surface area contributed by atoms with Crippen molar-refractivity contribution in [3.63, 3.8) is 0 Å². The number of nitrogens with zero attached hydrogens (tertiary/aromatic N) is 5. The molecule has 0 spiro atoms. The smallest absolute Gasteiger partial charge is 0.222 e. The highest BCUT2D eigenvalue weighted by Crippen LogP contribution is 2.41. The fourth-order valence-electron chi connectivity index (χ4n) is 3.47. The molecule has 0 bridgehead atoms. The second-order valence-electron chi connectivity index (χ2n) is 5.96. The quantitative estimate of drug-likeness (QED) is 0.587. The van der Waals surface area contributed by atoms with Crippen LogP contribution < -0.4 is 11.1 Å². The highest BCUT2D eigenvalue weighted by atomic mass is 15.2. The van der Waals surface area contributed by atoms with E-state index in [-0.39, 0.29) is 18.0 Å². The molecule has 0 amide bonds. The van der Waals surface area contributed by atoms with E-state index >= 15 is 0 Å². The minimum atomic E-state index is -0.117. The first-order valence-corrected chi connectivity index (χ1v) is 8.04. The summed E-state index contributed by atoms with van der Waals surface area (Å²) in [6.45, 7) is 0. The van der Waals surface area contributed by atoms with Gasteiger partial charge >= 0.3 is 0 Å². The highest BCUT2D eigenvalue weighted by Gasteiger charge is 2.35. The maximum absolute atomic E-state index is 5.86. The van der Waals surface area contributed by atoms with Crippen LogP contribution in [0.4, 0.5) is 11.8 Å². The van der Waals surface area contributed by atoms with Crippen LogP contribution in [0, 0.1) is 0 Å². The molecule has 5 rings (SSSR count). The molecular formula is C18H15N7. The van der Waals surface area contributed by atoms with Crippen LogP contribution in [0.5, 0.6) is 0 Å². The number of nitrogens with two attached hydrogens (primary N) is 1. The summed E-state index contributed by atoms with van der Waals surface area (Å²) in [6, 6.07) is 13.6. The van der Waals surface area contributed by atoms with Gasteiger partial charge in [0.05, 0.1) is 22.9 Å². The lowest BCUT2D eigenvalue weighted by Crippen LogP contribution is -2.30. The Kier molecular flexibility index (Phi) is 2.93. The SMILES string of the molecule is Nc1nc2c3c(ccn3[C@@H](c3ccccn3)C(c3ccccn3)N2)n1. The molecule has 0 saturated carbocycles. The van der Waals surface area contributed by atoms with Crippen LogP contribution in [0.1, 0.15) is 23.5 Å². The topological polar surface area (TPSA) is 94.5 Å². The molecule has 1 aliphatic heterocycles.